The van der Waals surface area contributed by atoms with Crippen LogP contribution in [0.2, 0.25) is 0 Å². The van der Waals surface area contributed by atoms with Crippen LogP contribution in [0.3, 0.4) is 0 Å². The van der Waals surface area contributed by atoms with Gasteiger partial charge in [-0.25, -0.2) is 0 Å². The van der Waals surface area contributed by atoms with Crippen molar-refractivity contribution in [3.05, 3.63) is 95.6 Å². The van der Waals surface area contributed by atoms with Gasteiger partial charge in [-0.2, -0.15) is 0 Å². The molecule has 8 heteroatoms. The number of hydrogen-bond acceptors (Lipinski definition) is 8. The number of hydrogen-bond donors (Lipinski definition) is 4. The van der Waals surface area contributed by atoms with Gasteiger partial charge in [-0.05, 0) is 115 Å². The number of rotatable bonds is 25. The summed E-state index contributed by atoms with van der Waals surface area (Å²) in [5, 5.41) is 22.8. The fourth-order valence-corrected chi connectivity index (χ4v) is 9.18. The van der Waals surface area contributed by atoms with Crippen molar-refractivity contribution in [3.8, 4) is 11.5 Å². The fraction of sp³-hybridized carbons (Fsp3) is 0.547. The minimum absolute atomic E-state index is 0.156. The maximum absolute atomic E-state index is 13.5. The molecule has 0 radical (unpaired) electrons. The first-order valence-electron chi connectivity index (χ1n) is 23.5. The van der Waals surface area contributed by atoms with Gasteiger partial charge in [0, 0.05) is 17.8 Å². The van der Waals surface area contributed by atoms with E-state index in [0.717, 1.165) is 35.0 Å². The van der Waals surface area contributed by atoms with E-state index in [1.807, 2.05) is 48.5 Å². The molecule has 3 aromatic carbocycles. The quantitative estimate of drug-likeness (QED) is 0.0286. The van der Waals surface area contributed by atoms with Crippen molar-refractivity contribution in [2.45, 2.75) is 148 Å². The first-order chi connectivity index (χ1) is 29.5. The van der Waals surface area contributed by atoms with E-state index < -0.39 is 23.3 Å². The molecular weight excluding hydrogens is 761 g/mol. The number of carbonyl (C=O) groups is 2. The van der Waals surface area contributed by atoms with Crippen LogP contribution in [0.5, 0.6) is 11.5 Å². The van der Waals surface area contributed by atoms with Crippen molar-refractivity contribution < 1.29 is 29.3 Å². The number of carbonyl (C=O) groups excluding carboxylic acids is 2. The van der Waals surface area contributed by atoms with E-state index in [1.54, 1.807) is 12.1 Å². The molecule has 332 valence electrons. The Morgan fingerprint density at radius 2 is 1.10 bits per heavy atom. The summed E-state index contributed by atoms with van der Waals surface area (Å²) in [5.74, 6) is -1.24. The number of nitrogens with two attached hydrogens (primary N) is 2. The molecule has 61 heavy (non-hydrogen) atoms. The molecule has 0 spiro atoms. The van der Waals surface area contributed by atoms with Crippen LogP contribution in [0.25, 0.3) is 12.2 Å². The van der Waals surface area contributed by atoms with Crippen molar-refractivity contribution in [3.63, 3.8) is 0 Å². The minimum atomic E-state index is -2.94. The smallest absolute Gasteiger partial charge is 0.235 e. The highest BCUT2D eigenvalue weighted by molar-refractivity contribution is 6.01. The van der Waals surface area contributed by atoms with E-state index in [9.17, 15) is 19.8 Å². The van der Waals surface area contributed by atoms with Crippen LogP contribution < -0.4 is 20.9 Å². The number of anilines is 2. The summed E-state index contributed by atoms with van der Waals surface area (Å²) < 4.78 is 12.3. The average molecular weight is 835 g/mol. The van der Waals surface area contributed by atoms with Crippen LogP contribution in [0, 0.1) is 23.7 Å². The van der Waals surface area contributed by atoms with Gasteiger partial charge in [-0.3, -0.25) is 9.59 Å². The van der Waals surface area contributed by atoms with Gasteiger partial charge >= 0.3 is 0 Å². The summed E-state index contributed by atoms with van der Waals surface area (Å²) in [6, 6.07) is 19.5. The van der Waals surface area contributed by atoms with Gasteiger partial charge in [0.15, 0.2) is 5.78 Å². The number of allylic oxidation sites excluding steroid dienone is 1. The first kappa shape index (κ1) is 47.6. The fourth-order valence-electron chi connectivity index (χ4n) is 9.18. The zero-order valence-electron chi connectivity index (χ0n) is 37.1. The molecule has 0 bridgehead atoms. The second kappa shape index (κ2) is 24.9. The molecule has 6 N–H and O–H groups in total. The second-order valence-electron chi connectivity index (χ2n) is 18.1. The molecular formula is C53H74N2O6. The largest absolute Gasteiger partial charge is 0.493 e. The molecule has 0 amide bonds. The number of unbranched alkanes of at least 4 members (excludes halogenated alkanes) is 6. The lowest BCUT2D eigenvalue weighted by Gasteiger charge is -2.30. The molecule has 8 nitrogen and oxygen atoms in total. The van der Waals surface area contributed by atoms with Crippen LogP contribution >= 0.6 is 0 Å². The van der Waals surface area contributed by atoms with Crippen molar-refractivity contribution in [2.75, 3.05) is 24.7 Å². The van der Waals surface area contributed by atoms with E-state index in [1.165, 1.54) is 140 Å². The van der Waals surface area contributed by atoms with Crippen molar-refractivity contribution in [1.29, 1.82) is 0 Å². The summed E-state index contributed by atoms with van der Waals surface area (Å²) in [6.45, 7) is 5.92. The van der Waals surface area contributed by atoms with Gasteiger partial charge in [0.25, 0.3) is 0 Å². The van der Waals surface area contributed by atoms with E-state index >= 15 is 0 Å². The van der Waals surface area contributed by atoms with E-state index in [2.05, 4.69) is 13.8 Å². The van der Waals surface area contributed by atoms with Gasteiger partial charge in [0.2, 0.25) is 11.6 Å². The molecule has 0 aromatic heterocycles. The zero-order chi connectivity index (χ0) is 43.5. The highest BCUT2D eigenvalue weighted by Crippen LogP contribution is 2.37. The Morgan fingerprint density at radius 1 is 0.639 bits per heavy atom. The monoisotopic (exact) mass is 835 g/mol. The number of ether oxygens (including phenoxy) is 2. The Bertz CT molecular complexity index is 1820. The molecule has 2 aliphatic carbocycles. The van der Waals surface area contributed by atoms with Crippen LogP contribution in [-0.4, -0.2) is 40.8 Å². The molecule has 2 aliphatic rings. The van der Waals surface area contributed by atoms with Gasteiger partial charge in [-0.1, -0.05) is 146 Å². The predicted octanol–water partition coefficient (Wildman–Crippen LogP) is 11.9. The molecule has 1 unspecified atom stereocenters. The summed E-state index contributed by atoms with van der Waals surface area (Å²) in [7, 11) is 0. The third-order valence-electron chi connectivity index (χ3n) is 13.2. The third kappa shape index (κ3) is 15.8. The number of benzene rings is 3. The molecule has 3 aromatic rings. The lowest BCUT2D eigenvalue weighted by Crippen LogP contribution is -2.44. The van der Waals surface area contributed by atoms with Crippen molar-refractivity contribution >= 4 is 35.1 Å². The molecule has 5 rings (SSSR count). The summed E-state index contributed by atoms with van der Waals surface area (Å²) in [5.41, 5.74) is 14.5. The van der Waals surface area contributed by atoms with Crippen LogP contribution in [0.4, 0.5) is 11.4 Å². The third-order valence-corrected chi connectivity index (χ3v) is 13.2. The van der Waals surface area contributed by atoms with E-state index in [0.29, 0.717) is 36.3 Å². The van der Waals surface area contributed by atoms with E-state index in [-0.39, 0.29) is 17.7 Å². The first-order valence-corrected chi connectivity index (χ1v) is 23.5. The number of nitrogen functional groups attached to an aromatic ring is 2. The molecule has 0 saturated heterocycles. The van der Waals surface area contributed by atoms with Crippen molar-refractivity contribution in [1.82, 2.24) is 0 Å². The lowest BCUT2D eigenvalue weighted by molar-refractivity contribution is -0.187. The summed E-state index contributed by atoms with van der Waals surface area (Å²) in [4.78, 5) is 26.9. The normalized spacial score (nSPS) is 20.2. The Balaban J connectivity index is 1.11. The molecule has 0 heterocycles. The van der Waals surface area contributed by atoms with Crippen LogP contribution in [0.15, 0.2) is 78.9 Å². The molecule has 2 fully saturated rings. The number of ketones is 2. The van der Waals surface area contributed by atoms with Crippen molar-refractivity contribution in [2.24, 2.45) is 23.7 Å². The SMILES string of the molecule is CCCCCCC1CCC(COc2ccc(/C=C/C(=O)CC(c3ccc(N)cc3N)C(O)(O)C(=O)/C=C/c3ccc(OCC4CCC(CCCCCC)CC4)cc3)cc2)CC1. The highest BCUT2D eigenvalue weighted by atomic mass is 16.5. The molecule has 1 atom stereocenters. The predicted molar refractivity (Wildman–Crippen MR) is 250 cm³/mol. The van der Waals surface area contributed by atoms with Gasteiger partial charge in [-0.15, -0.1) is 0 Å². The maximum Gasteiger partial charge on any atom is 0.235 e. The van der Waals surface area contributed by atoms with Gasteiger partial charge in [0.1, 0.15) is 11.5 Å². The van der Waals surface area contributed by atoms with Crippen LogP contribution in [-0.2, 0) is 9.59 Å². The standard InChI is InChI=1S/C53H74N2O6/c1-3-5-7-9-11-39-13-17-43(18-14-39)37-60-47-29-22-41(23-30-47)21-28-46(56)36-50(49-33-27-45(54)35-51(49)55)53(58,59)52(57)34-26-42-24-31-48(32-25-42)61-38-44-19-15-40(16-20-44)12-10-8-6-4-2/h21-35,39-40,43-44,50,58-59H,3-20,36-38,54-55H2,1-2H3/b28-21+,34-26+. The second-order valence-corrected chi connectivity index (χ2v) is 18.1. The number of aliphatic hydroxyl groups is 2. The topological polar surface area (TPSA) is 145 Å². The Morgan fingerprint density at radius 3 is 1.56 bits per heavy atom. The zero-order valence-corrected chi connectivity index (χ0v) is 37.1. The van der Waals surface area contributed by atoms with Gasteiger partial charge in [0.05, 0.1) is 19.1 Å². The Hall–Kier alpha value is -4.40. The van der Waals surface area contributed by atoms with E-state index in [4.69, 9.17) is 20.9 Å². The molecule has 2 saturated carbocycles. The molecule has 0 aliphatic heterocycles. The average Bonchev–Trinajstić information content (AvgIpc) is 3.27. The summed E-state index contributed by atoms with van der Waals surface area (Å²) in [6.07, 6.45) is 28.7. The Labute approximate surface area is 366 Å². The van der Waals surface area contributed by atoms with Crippen LogP contribution in [0.1, 0.15) is 158 Å². The lowest BCUT2D eigenvalue weighted by atomic mass is 9.80. The maximum atomic E-state index is 13.5. The Kier molecular flexibility index (Phi) is 19.4. The summed E-state index contributed by atoms with van der Waals surface area (Å²) >= 11 is 0. The van der Waals surface area contributed by atoms with Gasteiger partial charge < -0.3 is 31.2 Å². The highest BCUT2D eigenvalue weighted by Gasteiger charge is 2.43. The minimum Gasteiger partial charge on any atom is -0.493 e.